The summed E-state index contributed by atoms with van der Waals surface area (Å²) in [4.78, 5) is 12.4. The number of hydrogen-bond donors (Lipinski definition) is 0. The minimum absolute atomic E-state index is 0.238. The third-order valence-corrected chi connectivity index (χ3v) is 7.12. The van der Waals surface area contributed by atoms with Crippen molar-refractivity contribution in [3.05, 3.63) is 99.8 Å². The average Bonchev–Trinajstić information content (AvgIpc) is 2.83. The number of rotatable bonds is 6. The maximum absolute atomic E-state index is 14.7. The fourth-order valence-corrected chi connectivity index (χ4v) is 4.96. The van der Waals surface area contributed by atoms with E-state index >= 15 is 0 Å². The van der Waals surface area contributed by atoms with Crippen LogP contribution in [0.15, 0.2) is 60.7 Å². The Morgan fingerprint density at radius 3 is 2.21 bits per heavy atom. The van der Waals surface area contributed by atoms with Gasteiger partial charge in [-0.1, -0.05) is 54.9 Å². The zero-order valence-corrected chi connectivity index (χ0v) is 19.6. The van der Waals surface area contributed by atoms with E-state index in [9.17, 15) is 18.0 Å². The molecular weight excluding hydrogens is 461 g/mol. The van der Waals surface area contributed by atoms with Gasteiger partial charge in [0.05, 0.1) is 5.56 Å². The van der Waals surface area contributed by atoms with E-state index in [4.69, 9.17) is 16.3 Å². The van der Waals surface area contributed by atoms with E-state index in [2.05, 4.69) is 31.2 Å². The third kappa shape index (κ3) is 5.64. The maximum Gasteiger partial charge on any atom is 0.346 e. The van der Waals surface area contributed by atoms with Gasteiger partial charge in [0.2, 0.25) is 0 Å². The molecule has 0 saturated heterocycles. The highest BCUT2D eigenvalue weighted by Gasteiger charge is 2.25. The second kappa shape index (κ2) is 10.6. The lowest BCUT2D eigenvalue weighted by Gasteiger charge is -2.30. The van der Waals surface area contributed by atoms with Crippen LogP contribution in [0.25, 0.3) is 0 Å². The first-order valence-electron chi connectivity index (χ1n) is 11.5. The summed E-state index contributed by atoms with van der Waals surface area (Å²) >= 11 is 5.43. The van der Waals surface area contributed by atoms with Crippen LogP contribution in [0.4, 0.5) is 13.2 Å². The molecule has 0 heterocycles. The van der Waals surface area contributed by atoms with Crippen LogP contribution in [0, 0.1) is 23.4 Å². The van der Waals surface area contributed by atoms with Crippen molar-refractivity contribution in [2.24, 2.45) is 5.92 Å². The molecule has 1 saturated carbocycles. The normalized spacial score (nSPS) is 19.0. The Hall–Kier alpha value is -2.79. The Morgan fingerprint density at radius 1 is 0.941 bits per heavy atom. The number of carbonyl (C=O) groups is 1. The zero-order valence-electron chi connectivity index (χ0n) is 18.9. The quantitative estimate of drug-likeness (QED) is 0.198. The standard InChI is InChI=1S/C28H26ClF3O2/c1-17(19-5-3-2-4-6-19)13-18-7-9-20(10-8-18)21-11-12-23(24(30)14-21)28(33)34-22-15-25(31)27(29)26(32)16-22/h2-6,11-12,14-18,20H,7-10,13H2,1H3. The summed E-state index contributed by atoms with van der Waals surface area (Å²) in [7, 11) is 0. The fourth-order valence-electron chi connectivity index (χ4n) is 4.85. The number of hydrogen-bond acceptors (Lipinski definition) is 2. The highest BCUT2D eigenvalue weighted by atomic mass is 35.5. The van der Waals surface area contributed by atoms with Crippen LogP contribution in [-0.2, 0) is 0 Å². The molecular formula is C28H26ClF3O2. The van der Waals surface area contributed by atoms with Crippen LogP contribution in [0.5, 0.6) is 5.75 Å². The predicted molar refractivity (Wildman–Crippen MR) is 127 cm³/mol. The van der Waals surface area contributed by atoms with Crippen molar-refractivity contribution in [1.82, 2.24) is 0 Å². The number of carbonyl (C=O) groups excluding carboxylic acids is 1. The molecule has 0 N–H and O–H groups in total. The molecule has 6 heteroatoms. The van der Waals surface area contributed by atoms with Crippen LogP contribution in [-0.4, -0.2) is 5.97 Å². The second-order valence-electron chi connectivity index (χ2n) is 9.09. The topological polar surface area (TPSA) is 26.3 Å². The van der Waals surface area contributed by atoms with E-state index in [1.54, 1.807) is 6.07 Å². The molecule has 2 nitrogen and oxygen atoms in total. The van der Waals surface area contributed by atoms with Crippen molar-refractivity contribution in [2.75, 3.05) is 0 Å². The molecule has 1 fully saturated rings. The monoisotopic (exact) mass is 486 g/mol. The minimum atomic E-state index is -1.06. The first kappa shape index (κ1) is 24.3. The van der Waals surface area contributed by atoms with Crippen molar-refractivity contribution in [3.63, 3.8) is 0 Å². The molecule has 0 spiro atoms. The Morgan fingerprint density at radius 2 is 1.59 bits per heavy atom. The number of halogens is 4. The highest BCUT2D eigenvalue weighted by molar-refractivity contribution is 6.30. The van der Waals surface area contributed by atoms with E-state index in [1.165, 1.54) is 17.7 Å². The first-order valence-corrected chi connectivity index (χ1v) is 11.9. The molecule has 0 radical (unpaired) electrons. The second-order valence-corrected chi connectivity index (χ2v) is 9.47. The lowest BCUT2D eigenvalue weighted by atomic mass is 9.75. The van der Waals surface area contributed by atoms with E-state index in [0.29, 0.717) is 11.8 Å². The molecule has 178 valence electrons. The van der Waals surface area contributed by atoms with Gasteiger partial charge in [0.1, 0.15) is 28.2 Å². The Kier molecular flexibility index (Phi) is 7.62. The van der Waals surface area contributed by atoms with Crippen molar-refractivity contribution >= 4 is 17.6 Å². The van der Waals surface area contributed by atoms with E-state index in [0.717, 1.165) is 49.8 Å². The largest absolute Gasteiger partial charge is 0.423 e. The summed E-state index contributed by atoms with van der Waals surface area (Å²) in [5.41, 5.74) is 1.93. The summed E-state index contributed by atoms with van der Waals surface area (Å²) in [6, 6.07) is 16.6. The predicted octanol–water partition coefficient (Wildman–Crippen LogP) is 8.44. The summed E-state index contributed by atoms with van der Waals surface area (Å²) in [5.74, 6) is -2.85. The summed E-state index contributed by atoms with van der Waals surface area (Å²) in [6.07, 6.45) is 5.25. The van der Waals surface area contributed by atoms with Gasteiger partial charge in [-0.2, -0.15) is 0 Å². The smallest absolute Gasteiger partial charge is 0.346 e. The van der Waals surface area contributed by atoms with E-state index < -0.39 is 28.4 Å². The van der Waals surface area contributed by atoms with Crippen LogP contribution in [0.2, 0.25) is 5.02 Å². The molecule has 1 aliphatic carbocycles. The van der Waals surface area contributed by atoms with Gasteiger partial charge in [0, 0.05) is 12.1 Å². The van der Waals surface area contributed by atoms with Gasteiger partial charge in [-0.15, -0.1) is 0 Å². The Balaban J connectivity index is 1.35. The lowest BCUT2D eigenvalue weighted by molar-refractivity contribution is 0.0729. The third-order valence-electron chi connectivity index (χ3n) is 6.75. The van der Waals surface area contributed by atoms with Gasteiger partial charge < -0.3 is 4.74 Å². The van der Waals surface area contributed by atoms with E-state index in [1.807, 2.05) is 6.07 Å². The fraction of sp³-hybridized carbons (Fsp3) is 0.321. The highest BCUT2D eigenvalue weighted by Crippen LogP contribution is 2.40. The van der Waals surface area contributed by atoms with Crippen molar-refractivity contribution in [2.45, 2.75) is 50.9 Å². The van der Waals surface area contributed by atoms with Gasteiger partial charge in [0.25, 0.3) is 0 Å². The zero-order chi connectivity index (χ0) is 24.2. The van der Waals surface area contributed by atoms with Crippen molar-refractivity contribution in [1.29, 1.82) is 0 Å². The van der Waals surface area contributed by atoms with Gasteiger partial charge in [-0.05, 0) is 73.1 Å². The molecule has 1 aliphatic rings. The van der Waals surface area contributed by atoms with Gasteiger partial charge in [0.15, 0.2) is 0 Å². The Bertz CT molecular complexity index is 1130. The van der Waals surface area contributed by atoms with Gasteiger partial charge in [-0.25, -0.2) is 18.0 Å². The van der Waals surface area contributed by atoms with Crippen molar-refractivity contribution < 1.29 is 22.7 Å². The van der Waals surface area contributed by atoms with Crippen LogP contribution < -0.4 is 4.74 Å². The average molecular weight is 487 g/mol. The van der Waals surface area contributed by atoms with Crippen LogP contribution in [0.3, 0.4) is 0 Å². The molecule has 4 rings (SSSR count). The lowest BCUT2D eigenvalue weighted by Crippen LogP contribution is -2.16. The maximum atomic E-state index is 14.7. The summed E-state index contributed by atoms with van der Waals surface area (Å²) in [6.45, 7) is 2.27. The van der Waals surface area contributed by atoms with Gasteiger partial charge in [-0.3, -0.25) is 0 Å². The minimum Gasteiger partial charge on any atom is -0.423 e. The molecule has 0 bridgehead atoms. The summed E-state index contributed by atoms with van der Waals surface area (Å²) in [5, 5.41) is -0.695. The summed E-state index contributed by atoms with van der Waals surface area (Å²) < 4.78 is 46.9. The van der Waals surface area contributed by atoms with E-state index in [-0.39, 0.29) is 17.2 Å². The molecule has 0 aliphatic heterocycles. The Labute approximate surface area is 202 Å². The van der Waals surface area contributed by atoms with Crippen LogP contribution in [0.1, 0.15) is 72.3 Å². The molecule has 1 atom stereocenters. The van der Waals surface area contributed by atoms with Gasteiger partial charge >= 0.3 is 5.97 Å². The first-order chi connectivity index (χ1) is 16.3. The molecule has 3 aromatic carbocycles. The van der Waals surface area contributed by atoms with Crippen molar-refractivity contribution in [3.8, 4) is 5.75 Å². The molecule has 0 amide bonds. The molecule has 0 aromatic heterocycles. The molecule has 34 heavy (non-hydrogen) atoms. The molecule has 1 unspecified atom stereocenters. The number of ether oxygens (including phenoxy) is 1. The van der Waals surface area contributed by atoms with Crippen LogP contribution >= 0.6 is 11.6 Å². The molecule has 3 aromatic rings. The number of esters is 1. The number of benzene rings is 3. The SMILES string of the molecule is CC(CC1CCC(c2ccc(C(=O)Oc3cc(F)c(Cl)c(F)c3)c(F)c2)CC1)c1ccccc1.